The van der Waals surface area contributed by atoms with E-state index in [1.54, 1.807) is 48.5 Å². The van der Waals surface area contributed by atoms with E-state index < -0.39 is 10.0 Å². The maximum atomic E-state index is 12.9. The molecule has 0 bridgehead atoms. The van der Waals surface area contributed by atoms with E-state index >= 15 is 0 Å². The summed E-state index contributed by atoms with van der Waals surface area (Å²) in [6.45, 7) is 0. The number of benzene rings is 3. The van der Waals surface area contributed by atoms with Gasteiger partial charge in [-0.25, -0.2) is 8.42 Å². The monoisotopic (exact) mass is 433 g/mol. The van der Waals surface area contributed by atoms with Crippen LogP contribution in [0.4, 0.5) is 5.69 Å². The normalized spacial score (nSPS) is 11.0. The fourth-order valence-electron chi connectivity index (χ4n) is 2.32. The van der Waals surface area contributed by atoms with Gasteiger partial charge in [0.1, 0.15) is 16.4 Å². The second-order valence-electron chi connectivity index (χ2n) is 5.31. The van der Waals surface area contributed by atoms with Crippen molar-refractivity contribution < 1.29 is 17.9 Å². The number of anilines is 1. The number of hydrogen-bond donors (Lipinski definition) is 1. The van der Waals surface area contributed by atoms with E-state index in [-0.39, 0.29) is 10.6 Å². The molecule has 0 aliphatic rings. The lowest BCUT2D eigenvalue weighted by Gasteiger charge is -2.15. The van der Waals surface area contributed by atoms with Gasteiger partial charge in [0.25, 0.3) is 10.0 Å². The van der Waals surface area contributed by atoms with Crippen LogP contribution < -0.4 is 14.2 Å². The third kappa shape index (κ3) is 4.17. The molecule has 7 heteroatoms. The summed E-state index contributed by atoms with van der Waals surface area (Å²) in [4.78, 5) is 0.0314. The lowest BCUT2D eigenvalue weighted by molar-refractivity contribution is 0.402. The van der Waals surface area contributed by atoms with Crippen LogP contribution in [0.2, 0.25) is 0 Å². The summed E-state index contributed by atoms with van der Waals surface area (Å²) in [7, 11) is -2.45. The van der Waals surface area contributed by atoms with E-state index in [4.69, 9.17) is 9.47 Å². The van der Waals surface area contributed by atoms with Gasteiger partial charge in [-0.05, 0) is 42.5 Å². The fraction of sp³-hybridized carbons (Fsp3) is 0.0526. The van der Waals surface area contributed by atoms with Gasteiger partial charge in [-0.3, -0.25) is 4.72 Å². The molecular formula is C19H16BrNO4S. The van der Waals surface area contributed by atoms with E-state index in [2.05, 4.69) is 20.7 Å². The Balaban J connectivity index is 1.95. The summed E-state index contributed by atoms with van der Waals surface area (Å²) in [5, 5.41) is 0. The Hall–Kier alpha value is -2.51. The lowest BCUT2D eigenvalue weighted by atomic mass is 10.3. The minimum Gasteiger partial charge on any atom is -0.495 e. The number of rotatable bonds is 6. The van der Waals surface area contributed by atoms with Crippen molar-refractivity contribution in [3.63, 3.8) is 0 Å². The Bertz CT molecular complexity index is 1010. The van der Waals surface area contributed by atoms with Gasteiger partial charge < -0.3 is 9.47 Å². The molecule has 1 N–H and O–H groups in total. The summed E-state index contributed by atoms with van der Waals surface area (Å²) in [6, 6.07) is 20.8. The summed E-state index contributed by atoms with van der Waals surface area (Å²) >= 11 is 3.29. The summed E-state index contributed by atoms with van der Waals surface area (Å²) < 4.78 is 39.9. The van der Waals surface area contributed by atoms with Crippen molar-refractivity contribution in [1.29, 1.82) is 0 Å². The van der Waals surface area contributed by atoms with Crippen LogP contribution >= 0.6 is 15.9 Å². The number of halogens is 1. The van der Waals surface area contributed by atoms with Crippen molar-refractivity contribution >= 4 is 31.6 Å². The summed E-state index contributed by atoms with van der Waals surface area (Å²) in [6.07, 6.45) is 0. The number of sulfonamides is 1. The number of methoxy groups -OCH3 is 1. The number of hydrogen-bond acceptors (Lipinski definition) is 4. The smallest absolute Gasteiger partial charge is 0.265 e. The Morgan fingerprint density at radius 1 is 0.885 bits per heavy atom. The Kier molecular flexibility index (Phi) is 5.49. The highest BCUT2D eigenvalue weighted by Gasteiger charge is 2.21. The Morgan fingerprint density at radius 2 is 1.58 bits per heavy atom. The molecule has 0 fully saturated rings. The molecule has 0 saturated carbocycles. The standard InChI is InChI=1S/C19H16BrNO4S/c1-24-18-12-11-14(20)13-19(18)26(22,23)21-16-9-5-6-10-17(16)25-15-7-3-2-4-8-15/h2-13,21H,1H3. The highest BCUT2D eigenvalue weighted by atomic mass is 79.9. The average Bonchev–Trinajstić information content (AvgIpc) is 2.64. The van der Waals surface area contributed by atoms with Gasteiger partial charge in [0.15, 0.2) is 5.75 Å². The Morgan fingerprint density at radius 3 is 2.31 bits per heavy atom. The van der Waals surface area contributed by atoms with Gasteiger partial charge in [-0.1, -0.05) is 46.3 Å². The summed E-state index contributed by atoms with van der Waals surface area (Å²) in [5.74, 6) is 1.26. The fourth-order valence-corrected chi connectivity index (χ4v) is 4.09. The van der Waals surface area contributed by atoms with Crippen molar-refractivity contribution in [2.75, 3.05) is 11.8 Å². The van der Waals surface area contributed by atoms with Crippen LogP contribution in [0.5, 0.6) is 17.2 Å². The van der Waals surface area contributed by atoms with Crippen LogP contribution in [0.25, 0.3) is 0 Å². The molecule has 0 spiro atoms. The molecule has 3 aromatic rings. The zero-order chi connectivity index (χ0) is 18.6. The Labute approximate surface area is 160 Å². The van der Waals surface area contributed by atoms with Crippen LogP contribution in [0.15, 0.2) is 82.2 Å². The van der Waals surface area contributed by atoms with E-state index in [9.17, 15) is 8.42 Å². The van der Waals surface area contributed by atoms with Crippen LogP contribution in [0.3, 0.4) is 0 Å². The van der Waals surface area contributed by atoms with E-state index in [1.807, 2.05) is 18.2 Å². The molecule has 0 unspecified atom stereocenters. The maximum absolute atomic E-state index is 12.9. The van der Waals surface area contributed by atoms with Gasteiger partial charge in [0, 0.05) is 4.47 Å². The molecule has 0 aromatic heterocycles. The molecule has 0 atom stereocenters. The topological polar surface area (TPSA) is 64.6 Å². The first-order valence-corrected chi connectivity index (χ1v) is 9.95. The van der Waals surface area contributed by atoms with Crippen LogP contribution in [-0.4, -0.2) is 15.5 Å². The molecule has 0 radical (unpaired) electrons. The highest BCUT2D eigenvalue weighted by Crippen LogP contribution is 2.33. The predicted octanol–water partition coefficient (Wildman–Crippen LogP) is 5.05. The first kappa shape index (κ1) is 18.3. The number of ether oxygens (including phenoxy) is 2. The number of para-hydroxylation sites is 3. The van der Waals surface area contributed by atoms with Crippen molar-refractivity contribution in [2.45, 2.75) is 4.90 Å². The molecule has 0 heterocycles. The first-order chi connectivity index (χ1) is 12.5. The van der Waals surface area contributed by atoms with E-state index in [1.165, 1.54) is 13.2 Å². The van der Waals surface area contributed by atoms with E-state index in [0.717, 1.165) is 0 Å². The molecular weight excluding hydrogens is 418 g/mol. The highest BCUT2D eigenvalue weighted by molar-refractivity contribution is 9.10. The van der Waals surface area contributed by atoms with Crippen LogP contribution in [0.1, 0.15) is 0 Å². The first-order valence-electron chi connectivity index (χ1n) is 7.68. The molecule has 5 nitrogen and oxygen atoms in total. The zero-order valence-corrected chi connectivity index (χ0v) is 16.2. The van der Waals surface area contributed by atoms with Crippen LogP contribution in [0, 0.1) is 0 Å². The van der Waals surface area contributed by atoms with Crippen molar-refractivity contribution in [1.82, 2.24) is 0 Å². The maximum Gasteiger partial charge on any atom is 0.265 e. The molecule has 3 rings (SSSR count). The van der Waals surface area contributed by atoms with E-state index in [0.29, 0.717) is 21.7 Å². The SMILES string of the molecule is COc1ccc(Br)cc1S(=O)(=O)Nc1ccccc1Oc1ccccc1. The van der Waals surface area contributed by atoms with Gasteiger partial charge in [-0.2, -0.15) is 0 Å². The van der Waals surface area contributed by atoms with Gasteiger partial charge >= 0.3 is 0 Å². The quantitative estimate of drug-likeness (QED) is 0.590. The third-order valence-electron chi connectivity index (χ3n) is 3.52. The molecule has 26 heavy (non-hydrogen) atoms. The second kappa shape index (κ2) is 7.80. The molecule has 134 valence electrons. The third-order valence-corrected chi connectivity index (χ3v) is 5.40. The van der Waals surface area contributed by atoms with Crippen LogP contribution in [-0.2, 0) is 10.0 Å². The minimum absolute atomic E-state index is 0.0314. The molecule has 0 saturated heterocycles. The summed E-state index contributed by atoms with van der Waals surface area (Å²) in [5.41, 5.74) is 0.332. The average molecular weight is 434 g/mol. The lowest BCUT2D eigenvalue weighted by Crippen LogP contribution is -2.14. The van der Waals surface area contributed by atoms with Crippen molar-refractivity contribution in [3.8, 4) is 17.2 Å². The molecule has 0 aliphatic heterocycles. The second-order valence-corrected chi connectivity index (χ2v) is 7.88. The molecule has 0 amide bonds. The van der Waals surface area contributed by atoms with Gasteiger partial charge in [0.05, 0.1) is 12.8 Å². The van der Waals surface area contributed by atoms with Gasteiger partial charge in [-0.15, -0.1) is 0 Å². The number of nitrogens with one attached hydrogen (secondary N) is 1. The largest absolute Gasteiger partial charge is 0.495 e. The zero-order valence-electron chi connectivity index (χ0n) is 13.8. The molecule has 0 aliphatic carbocycles. The minimum atomic E-state index is -3.88. The van der Waals surface area contributed by atoms with Crippen molar-refractivity contribution in [2.24, 2.45) is 0 Å². The van der Waals surface area contributed by atoms with Crippen molar-refractivity contribution in [3.05, 3.63) is 77.3 Å². The predicted molar refractivity (Wildman–Crippen MR) is 104 cm³/mol. The molecule has 3 aromatic carbocycles. The van der Waals surface area contributed by atoms with Gasteiger partial charge in [0.2, 0.25) is 0 Å².